The first kappa shape index (κ1) is 18.0. The molecule has 0 unspecified atom stereocenters. The van der Waals surface area contributed by atoms with Gasteiger partial charge in [0.15, 0.2) is 5.79 Å². The molecular formula is C25H28O3. The van der Waals surface area contributed by atoms with Crippen molar-refractivity contribution in [1.29, 1.82) is 0 Å². The molecule has 0 bridgehead atoms. The van der Waals surface area contributed by atoms with Crippen LogP contribution in [0.15, 0.2) is 54.1 Å². The molecular weight excluding hydrogens is 348 g/mol. The Morgan fingerprint density at radius 2 is 1.89 bits per heavy atom. The van der Waals surface area contributed by atoms with Crippen molar-refractivity contribution in [3.8, 4) is 5.75 Å². The van der Waals surface area contributed by atoms with Crippen molar-refractivity contribution in [3.63, 3.8) is 0 Å². The second kappa shape index (κ2) is 6.75. The number of aryl methyl sites for hydroxylation is 1. The first-order chi connectivity index (χ1) is 13.7. The van der Waals surface area contributed by atoms with Crippen molar-refractivity contribution >= 4 is 6.08 Å². The highest BCUT2D eigenvalue weighted by atomic mass is 16.7. The average molecular weight is 376 g/mol. The molecule has 1 aliphatic heterocycles. The van der Waals surface area contributed by atoms with Crippen LogP contribution in [0.25, 0.3) is 6.08 Å². The fourth-order valence-corrected chi connectivity index (χ4v) is 5.84. The number of ether oxygens (including phenoxy) is 2. The SMILES string of the molecule is CC[C@@]12C/C(=C\c3ccccc3)C3(C[C@H]1CCc1cc(O)ccc12)OCCO3. The van der Waals surface area contributed by atoms with Crippen molar-refractivity contribution < 1.29 is 14.6 Å². The van der Waals surface area contributed by atoms with Crippen molar-refractivity contribution in [2.75, 3.05) is 13.2 Å². The molecule has 2 aliphatic carbocycles. The van der Waals surface area contributed by atoms with Crippen LogP contribution in [0.3, 0.4) is 0 Å². The van der Waals surface area contributed by atoms with Crippen molar-refractivity contribution in [2.45, 2.75) is 50.2 Å². The van der Waals surface area contributed by atoms with Crippen molar-refractivity contribution in [3.05, 3.63) is 70.8 Å². The summed E-state index contributed by atoms with van der Waals surface area (Å²) in [7, 11) is 0. The molecule has 1 spiro atoms. The summed E-state index contributed by atoms with van der Waals surface area (Å²) in [5.74, 6) is 0.340. The van der Waals surface area contributed by atoms with Crippen LogP contribution in [-0.4, -0.2) is 24.1 Å². The lowest BCUT2D eigenvalue weighted by molar-refractivity contribution is -0.162. The molecule has 2 aromatic carbocycles. The van der Waals surface area contributed by atoms with Gasteiger partial charge in [-0.2, -0.15) is 0 Å². The molecule has 3 nitrogen and oxygen atoms in total. The number of benzene rings is 2. The molecule has 0 aromatic heterocycles. The molecule has 3 aliphatic rings. The predicted octanol–water partition coefficient (Wildman–Crippen LogP) is 5.22. The summed E-state index contributed by atoms with van der Waals surface area (Å²) in [5.41, 5.74) is 5.26. The van der Waals surface area contributed by atoms with Gasteiger partial charge in [-0.05, 0) is 66.0 Å². The van der Waals surface area contributed by atoms with Crippen molar-refractivity contribution in [1.82, 2.24) is 0 Å². The summed E-state index contributed by atoms with van der Waals surface area (Å²) in [6, 6.07) is 16.5. The van der Waals surface area contributed by atoms with E-state index >= 15 is 0 Å². The number of fused-ring (bicyclic) bond motifs is 3. The van der Waals surface area contributed by atoms with Gasteiger partial charge in [-0.15, -0.1) is 0 Å². The lowest BCUT2D eigenvalue weighted by Gasteiger charge is -2.53. The van der Waals surface area contributed by atoms with E-state index < -0.39 is 5.79 Å². The number of hydrogen-bond acceptors (Lipinski definition) is 3. The fourth-order valence-electron chi connectivity index (χ4n) is 5.84. The van der Waals surface area contributed by atoms with E-state index in [1.54, 1.807) is 0 Å². The third kappa shape index (κ3) is 2.72. The van der Waals surface area contributed by atoms with Gasteiger partial charge in [-0.1, -0.05) is 49.4 Å². The normalized spacial score (nSPS) is 29.6. The highest BCUT2D eigenvalue weighted by Gasteiger charge is 2.56. The smallest absolute Gasteiger partial charge is 0.191 e. The largest absolute Gasteiger partial charge is 0.508 e. The Labute approximate surface area is 167 Å². The van der Waals surface area contributed by atoms with Gasteiger partial charge in [0.25, 0.3) is 0 Å². The summed E-state index contributed by atoms with van der Waals surface area (Å²) in [5, 5.41) is 10.0. The van der Waals surface area contributed by atoms with Gasteiger partial charge in [0.1, 0.15) is 5.75 Å². The molecule has 5 rings (SSSR count). The quantitative estimate of drug-likeness (QED) is 0.781. The monoisotopic (exact) mass is 376 g/mol. The van der Waals surface area contributed by atoms with Gasteiger partial charge < -0.3 is 14.6 Å². The molecule has 146 valence electrons. The fraction of sp³-hybridized carbons (Fsp3) is 0.440. The molecule has 0 radical (unpaired) electrons. The second-order valence-corrected chi connectivity index (χ2v) is 8.50. The number of aromatic hydroxyl groups is 1. The molecule has 3 heteroatoms. The highest BCUT2D eigenvalue weighted by molar-refractivity contribution is 5.57. The van der Waals surface area contributed by atoms with E-state index in [1.165, 1.54) is 22.3 Å². The minimum Gasteiger partial charge on any atom is -0.508 e. The van der Waals surface area contributed by atoms with E-state index in [-0.39, 0.29) is 5.41 Å². The lowest BCUT2D eigenvalue weighted by atomic mass is 9.53. The summed E-state index contributed by atoms with van der Waals surface area (Å²) < 4.78 is 12.6. The zero-order valence-corrected chi connectivity index (χ0v) is 16.5. The summed E-state index contributed by atoms with van der Waals surface area (Å²) in [4.78, 5) is 0. The lowest BCUT2D eigenvalue weighted by Crippen LogP contribution is -2.51. The Balaban J connectivity index is 1.63. The minimum atomic E-state index is -0.562. The van der Waals surface area contributed by atoms with Crippen LogP contribution in [0.5, 0.6) is 5.75 Å². The van der Waals surface area contributed by atoms with Crippen LogP contribution in [0.2, 0.25) is 0 Å². The van der Waals surface area contributed by atoms with E-state index in [4.69, 9.17) is 9.47 Å². The van der Waals surface area contributed by atoms with Crippen LogP contribution in [0.4, 0.5) is 0 Å². The van der Waals surface area contributed by atoms with Crippen LogP contribution < -0.4 is 0 Å². The van der Waals surface area contributed by atoms with E-state index in [0.717, 1.165) is 32.1 Å². The molecule has 28 heavy (non-hydrogen) atoms. The van der Waals surface area contributed by atoms with Crippen LogP contribution >= 0.6 is 0 Å². The Kier molecular flexibility index (Phi) is 4.33. The van der Waals surface area contributed by atoms with E-state index in [0.29, 0.717) is 24.9 Å². The maximum atomic E-state index is 10.0. The highest BCUT2D eigenvalue weighted by Crippen LogP contribution is 2.58. The standard InChI is InChI=1S/C25H28O3/c1-2-24-16-21(14-18-6-4-3-5-7-18)25(27-12-13-28-25)17-20(24)9-8-19-15-22(26)10-11-23(19)24/h3-7,10-11,14-15,20,26H,2,8-9,12-13,16-17H2,1H3/b21-14+/t20-,24-/m1/s1. The van der Waals surface area contributed by atoms with Gasteiger partial charge in [-0.3, -0.25) is 0 Å². The Hall–Kier alpha value is -2.10. The third-order valence-corrected chi connectivity index (χ3v) is 7.20. The molecule has 0 amide bonds. The van der Waals surface area contributed by atoms with Crippen LogP contribution in [0, 0.1) is 5.92 Å². The molecule has 2 atom stereocenters. The molecule has 1 N–H and O–H groups in total. The summed E-state index contributed by atoms with van der Waals surface area (Å²) in [6.45, 7) is 3.65. The van der Waals surface area contributed by atoms with E-state index in [1.807, 2.05) is 12.1 Å². The minimum absolute atomic E-state index is 0.0858. The third-order valence-electron chi connectivity index (χ3n) is 7.20. The maximum Gasteiger partial charge on any atom is 0.191 e. The van der Waals surface area contributed by atoms with Gasteiger partial charge in [0.2, 0.25) is 0 Å². The number of phenolic OH excluding ortho intramolecular Hbond substituents is 1. The molecule has 2 aromatic rings. The molecule has 1 saturated heterocycles. The average Bonchev–Trinajstić information content (AvgIpc) is 3.18. The zero-order valence-electron chi connectivity index (χ0n) is 16.5. The second-order valence-electron chi connectivity index (χ2n) is 8.50. The van der Waals surface area contributed by atoms with Crippen molar-refractivity contribution in [2.24, 2.45) is 5.92 Å². The summed E-state index contributed by atoms with van der Waals surface area (Å²) in [6.07, 6.45) is 7.37. The topological polar surface area (TPSA) is 38.7 Å². The Morgan fingerprint density at radius 3 is 2.64 bits per heavy atom. The first-order valence-corrected chi connectivity index (χ1v) is 10.5. The number of rotatable bonds is 2. The van der Waals surface area contributed by atoms with Gasteiger partial charge in [-0.25, -0.2) is 0 Å². The first-order valence-electron chi connectivity index (χ1n) is 10.5. The Morgan fingerprint density at radius 1 is 1.11 bits per heavy atom. The predicted molar refractivity (Wildman–Crippen MR) is 110 cm³/mol. The molecule has 2 fully saturated rings. The van der Waals surface area contributed by atoms with E-state index in [2.05, 4.69) is 49.4 Å². The molecule has 1 saturated carbocycles. The maximum absolute atomic E-state index is 10.0. The number of hydrogen-bond donors (Lipinski definition) is 1. The zero-order chi connectivity index (χ0) is 19.2. The Bertz CT molecular complexity index is 895. The van der Waals surface area contributed by atoms with Gasteiger partial charge in [0.05, 0.1) is 13.2 Å². The number of phenols is 1. The summed E-state index contributed by atoms with van der Waals surface area (Å²) >= 11 is 0. The van der Waals surface area contributed by atoms with Gasteiger partial charge >= 0.3 is 0 Å². The van der Waals surface area contributed by atoms with Crippen LogP contribution in [-0.2, 0) is 21.3 Å². The molecule has 1 heterocycles. The van der Waals surface area contributed by atoms with Crippen LogP contribution in [0.1, 0.15) is 49.3 Å². The van der Waals surface area contributed by atoms with Gasteiger partial charge in [0, 0.05) is 11.8 Å². The van der Waals surface area contributed by atoms with E-state index in [9.17, 15) is 5.11 Å².